The van der Waals surface area contributed by atoms with Crippen LogP contribution in [-0.4, -0.2) is 30.6 Å². The van der Waals surface area contributed by atoms with E-state index in [0.29, 0.717) is 22.8 Å². The number of H-pyrrole nitrogens is 1. The number of benzene rings is 1. The zero-order valence-corrected chi connectivity index (χ0v) is 12.8. The Morgan fingerprint density at radius 1 is 1.24 bits per heavy atom. The van der Waals surface area contributed by atoms with Gasteiger partial charge in [-0.2, -0.15) is 10.4 Å². The third kappa shape index (κ3) is 2.70. The topological polar surface area (TPSA) is 112 Å². The van der Waals surface area contributed by atoms with E-state index < -0.39 is 0 Å². The molecule has 0 spiro atoms. The number of hydrogen-bond acceptors (Lipinski definition) is 6. The van der Waals surface area contributed by atoms with Gasteiger partial charge in [-0.15, -0.1) is 5.10 Å². The summed E-state index contributed by atoms with van der Waals surface area (Å²) in [6.07, 6.45) is 3.34. The van der Waals surface area contributed by atoms with Crippen LogP contribution in [0.5, 0.6) is 0 Å². The summed E-state index contributed by atoms with van der Waals surface area (Å²) in [6.45, 7) is 0. The first-order valence-electron chi connectivity index (χ1n) is 7.41. The minimum absolute atomic E-state index is 0.0285. The van der Waals surface area contributed by atoms with Crippen molar-refractivity contribution < 1.29 is 4.79 Å². The molecule has 1 aromatic carbocycles. The van der Waals surface area contributed by atoms with Crippen molar-refractivity contribution in [2.24, 2.45) is 0 Å². The predicted molar refractivity (Wildman–Crippen MR) is 89.4 cm³/mol. The Labute approximate surface area is 141 Å². The molecule has 0 saturated carbocycles. The van der Waals surface area contributed by atoms with Crippen LogP contribution in [0.3, 0.4) is 0 Å². The number of aromatic nitrogens is 5. The van der Waals surface area contributed by atoms with Crippen molar-refractivity contribution in [3.8, 4) is 6.07 Å². The Morgan fingerprint density at radius 3 is 2.96 bits per heavy atom. The van der Waals surface area contributed by atoms with Crippen molar-refractivity contribution in [2.45, 2.75) is 0 Å². The molecule has 0 unspecified atom stereocenters. The van der Waals surface area contributed by atoms with E-state index in [1.165, 1.54) is 6.07 Å². The monoisotopic (exact) mass is 329 g/mol. The molecule has 2 N–H and O–H groups in total. The van der Waals surface area contributed by atoms with Crippen molar-refractivity contribution in [3.63, 3.8) is 0 Å². The summed E-state index contributed by atoms with van der Waals surface area (Å²) >= 11 is 0. The highest BCUT2D eigenvalue weighted by Crippen LogP contribution is 2.19. The van der Waals surface area contributed by atoms with Gasteiger partial charge in [0.15, 0.2) is 5.82 Å². The van der Waals surface area contributed by atoms with Gasteiger partial charge in [0.2, 0.25) is 11.6 Å². The lowest BCUT2D eigenvalue weighted by Gasteiger charge is -2.08. The lowest BCUT2D eigenvalue weighted by Crippen LogP contribution is -2.12. The van der Waals surface area contributed by atoms with Crippen LogP contribution in [0.4, 0.5) is 11.6 Å². The molecule has 8 heteroatoms. The fraction of sp³-hybridized carbons (Fsp3) is 0. The third-order valence-electron chi connectivity index (χ3n) is 3.60. The summed E-state index contributed by atoms with van der Waals surface area (Å²) in [5.74, 6) is 0.789. The number of ketones is 1. The van der Waals surface area contributed by atoms with Gasteiger partial charge in [0.1, 0.15) is 11.3 Å². The van der Waals surface area contributed by atoms with Gasteiger partial charge < -0.3 is 5.32 Å². The summed E-state index contributed by atoms with van der Waals surface area (Å²) in [5, 5.41) is 23.0. The van der Waals surface area contributed by atoms with Crippen molar-refractivity contribution in [2.75, 3.05) is 5.32 Å². The fourth-order valence-corrected chi connectivity index (χ4v) is 2.43. The molecule has 3 heterocycles. The van der Waals surface area contributed by atoms with E-state index in [1.807, 2.05) is 18.2 Å². The maximum absolute atomic E-state index is 12.7. The van der Waals surface area contributed by atoms with E-state index >= 15 is 0 Å². The first-order valence-corrected chi connectivity index (χ1v) is 7.41. The second-order valence-electron chi connectivity index (χ2n) is 5.24. The highest BCUT2D eigenvalue weighted by Gasteiger charge is 2.17. The normalized spacial score (nSPS) is 10.5. The van der Waals surface area contributed by atoms with Crippen LogP contribution in [0.15, 0.2) is 54.9 Å². The van der Waals surface area contributed by atoms with E-state index in [1.54, 1.807) is 41.2 Å². The van der Waals surface area contributed by atoms with E-state index in [0.717, 1.165) is 5.52 Å². The Morgan fingerprint density at radius 2 is 2.16 bits per heavy atom. The van der Waals surface area contributed by atoms with Crippen LogP contribution in [0, 0.1) is 11.3 Å². The van der Waals surface area contributed by atoms with Gasteiger partial charge in [-0.05, 0) is 24.3 Å². The zero-order chi connectivity index (χ0) is 17.2. The van der Waals surface area contributed by atoms with Crippen molar-refractivity contribution in [3.05, 3.63) is 71.8 Å². The molecule has 0 amide bonds. The van der Waals surface area contributed by atoms with E-state index in [-0.39, 0.29) is 11.6 Å². The molecule has 0 aliphatic heterocycles. The Hall–Kier alpha value is -3.99. The maximum atomic E-state index is 12.7. The van der Waals surface area contributed by atoms with Crippen molar-refractivity contribution in [1.29, 1.82) is 5.26 Å². The summed E-state index contributed by atoms with van der Waals surface area (Å²) < 4.78 is 1.58. The number of fused-ring (bicyclic) bond motifs is 1. The average molecular weight is 329 g/mol. The number of nitrogens with one attached hydrogen (secondary N) is 2. The molecule has 0 bridgehead atoms. The molecule has 8 nitrogen and oxygen atoms in total. The first kappa shape index (κ1) is 14.6. The minimum Gasteiger partial charge on any atom is -0.323 e. The fourth-order valence-electron chi connectivity index (χ4n) is 2.43. The van der Waals surface area contributed by atoms with Crippen molar-refractivity contribution in [1.82, 2.24) is 24.8 Å². The Balaban J connectivity index is 1.79. The molecule has 0 aliphatic rings. The van der Waals surface area contributed by atoms with Crippen LogP contribution in [0.2, 0.25) is 0 Å². The average Bonchev–Trinajstić information content (AvgIpc) is 3.32. The summed E-state index contributed by atoms with van der Waals surface area (Å²) in [5.41, 5.74) is 1.48. The lowest BCUT2D eigenvalue weighted by molar-refractivity contribution is 0.102. The summed E-state index contributed by atoms with van der Waals surface area (Å²) in [6, 6.07) is 13.9. The molecule has 0 saturated heterocycles. The number of carbonyl (C=O) groups excluding carboxylic acids is 1. The largest absolute Gasteiger partial charge is 0.323 e. The number of aromatic amines is 1. The number of anilines is 2. The molecule has 0 atom stereocenters. The number of hydrogen-bond donors (Lipinski definition) is 2. The van der Waals surface area contributed by atoms with Gasteiger partial charge in [0.25, 0.3) is 0 Å². The smallest absolute Gasteiger partial charge is 0.232 e. The molecule has 4 aromatic rings. The highest BCUT2D eigenvalue weighted by atomic mass is 16.1. The van der Waals surface area contributed by atoms with Gasteiger partial charge in [-0.25, -0.2) is 9.50 Å². The first-order chi connectivity index (χ1) is 12.2. The molecule has 0 aliphatic carbocycles. The molecule has 3 aromatic heterocycles. The van der Waals surface area contributed by atoms with Crippen LogP contribution in [0.25, 0.3) is 5.52 Å². The second-order valence-corrected chi connectivity index (χ2v) is 5.24. The lowest BCUT2D eigenvalue weighted by atomic mass is 10.1. The van der Waals surface area contributed by atoms with Gasteiger partial charge >= 0.3 is 0 Å². The van der Waals surface area contributed by atoms with Gasteiger partial charge in [0, 0.05) is 17.8 Å². The molecular formula is C17H11N7O. The number of carbonyl (C=O) groups is 1. The molecule has 4 rings (SSSR count). The Bertz CT molecular complexity index is 1110. The van der Waals surface area contributed by atoms with Crippen LogP contribution in [0.1, 0.15) is 21.7 Å². The minimum atomic E-state index is -0.361. The molecule has 0 fully saturated rings. The maximum Gasteiger partial charge on any atom is 0.232 e. The third-order valence-corrected chi connectivity index (χ3v) is 3.60. The Kier molecular flexibility index (Phi) is 3.44. The highest BCUT2D eigenvalue weighted by molar-refractivity contribution is 6.07. The number of nitrogens with zero attached hydrogens (tertiary/aromatic N) is 5. The van der Waals surface area contributed by atoms with Crippen LogP contribution < -0.4 is 5.32 Å². The number of nitriles is 1. The molecule has 25 heavy (non-hydrogen) atoms. The summed E-state index contributed by atoms with van der Waals surface area (Å²) in [7, 11) is 0. The van der Waals surface area contributed by atoms with E-state index in [4.69, 9.17) is 5.26 Å². The second kappa shape index (κ2) is 5.90. The van der Waals surface area contributed by atoms with Crippen LogP contribution in [-0.2, 0) is 0 Å². The van der Waals surface area contributed by atoms with Crippen LogP contribution >= 0.6 is 0 Å². The zero-order valence-electron chi connectivity index (χ0n) is 12.8. The summed E-state index contributed by atoms with van der Waals surface area (Å²) in [4.78, 5) is 17.1. The number of rotatable bonds is 4. The van der Waals surface area contributed by atoms with E-state index in [9.17, 15) is 4.79 Å². The quantitative estimate of drug-likeness (QED) is 0.556. The van der Waals surface area contributed by atoms with Gasteiger partial charge in [-0.3, -0.25) is 9.89 Å². The molecule has 0 radical (unpaired) electrons. The van der Waals surface area contributed by atoms with Gasteiger partial charge in [0.05, 0.1) is 17.8 Å². The van der Waals surface area contributed by atoms with Gasteiger partial charge in [-0.1, -0.05) is 12.1 Å². The van der Waals surface area contributed by atoms with Crippen molar-refractivity contribution >= 4 is 22.9 Å². The molecule has 120 valence electrons. The predicted octanol–water partition coefficient (Wildman–Crippen LogP) is 2.30. The van der Waals surface area contributed by atoms with E-state index in [2.05, 4.69) is 25.6 Å². The standard InChI is InChI=1S/C17H11N7O/c18-10-11-3-1-4-12(9-11)15(25)17-21-16(20-14-6-7-19-22-14)13-5-2-8-24(13)23-17/h1-9H,(H2,19,20,21,22,23). The molecular weight excluding hydrogens is 318 g/mol. The SMILES string of the molecule is N#Cc1cccc(C(=O)c2nc(Nc3ccn[nH]3)c3cccn3n2)c1.